The first kappa shape index (κ1) is 21.5. The Kier molecular flexibility index (Phi) is 6.74. The summed E-state index contributed by atoms with van der Waals surface area (Å²) < 4.78 is 20.0. The van der Waals surface area contributed by atoms with E-state index in [2.05, 4.69) is 0 Å². The first-order chi connectivity index (χ1) is 13.8. The van der Waals surface area contributed by atoms with Gasteiger partial charge in [-0.15, -0.1) is 11.6 Å². The van der Waals surface area contributed by atoms with Crippen molar-refractivity contribution in [1.29, 1.82) is 0 Å². The van der Waals surface area contributed by atoms with E-state index in [9.17, 15) is 18.8 Å². The molecule has 8 nitrogen and oxygen atoms in total. The topological polar surface area (TPSA) is 73.4 Å². The maximum absolute atomic E-state index is 14.8. The zero-order valence-corrected chi connectivity index (χ0v) is 17.7. The maximum atomic E-state index is 14.8. The monoisotopic (exact) mass is 444 g/mol. The summed E-state index contributed by atoms with van der Waals surface area (Å²) in [5.41, 5.74) is 0.769. The molecule has 0 spiro atoms. The fourth-order valence-corrected chi connectivity index (χ4v) is 3.90. The van der Waals surface area contributed by atoms with Crippen LogP contribution in [0.25, 0.3) is 0 Å². The summed E-state index contributed by atoms with van der Waals surface area (Å²) in [6.45, 7) is 2.06. The van der Waals surface area contributed by atoms with Gasteiger partial charge < -0.3 is 14.5 Å². The Hall–Kier alpha value is -2.20. The molecule has 0 aromatic heterocycles. The predicted molar refractivity (Wildman–Crippen MR) is 110 cm³/mol. The number of hydrogen-bond donors (Lipinski definition) is 0. The number of likely N-dealkylation sites (N-methyl/N-ethyl adjacent to an activating group) is 1. The summed E-state index contributed by atoms with van der Waals surface area (Å²) in [7, 11) is 1.55. The molecule has 158 valence electrons. The van der Waals surface area contributed by atoms with Crippen molar-refractivity contribution >= 4 is 52.0 Å². The molecule has 3 amide bonds. The second-order valence-corrected chi connectivity index (χ2v) is 7.69. The van der Waals surface area contributed by atoms with Crippen LogP contribution in [-0.2, 0) is 9.53 Å². The summed E-state index contributed by atoms with van der Waals surface area (Å²) in [6.07, 6.45) is 0.293. The van der Waals surface area contributed by atoms with Crippen LogP contribution in [0.1, 0.15) is 0 Å². The number of hydrogen-bond acceptors (Lipinski definition) is 6. The normalized spacial score (nSPS) is 19.4. The summed E-state index contributed by atoms with van der Waals surface area (Å²) in [5.74, 6) is -0.660. The van der Waals surface area contributed by atoms with Crippen molar-refractivity contribution in [2.75, 3.05) is 61.7 Å². The van der Waals surface area contributed by atoms with Crippen LogP contribution in [0, 0.1) is 5.82 Å². The minimum Gasteiger partial charge on any atom is -0.423 e. The van der Waals surface area contributed by atoms with E-state index in [1.165, 1.54) is 15.9 Å². The largest absolute Gasteiger partial charge is 0.423 e. The summed E-state index contributed by atoms with van der Waals surface area (Å²) >= 11 is 6.60. The molecule has 1 aromatic rings. The number of thioether (sulfide) groups is 1. The summed E-state index contributed by atoms with van der Waals surface area (Å²) in [5, 5.41) is -0.224. The van der Waals surface area contributed by atoms with Crippen LogP contribution in [0.15, 0.2) is 18.2 Å². The van der Waals surface area contributed by atoms with Crippen molar-refractivity contribution < 1.29 is 23.5 Å². The lowest BCUT2D eigenvalue weighted by atomic mass is 10.2. The quantitative estimate of drug-likeness (QED) is 0.664. The lowest BCUT2D eigenvalue weighted by molar-refractivity contribution is -0.128. The highest BCUT2D eigenvalue weighted by Gasteiger charge is 2.37. The van der Waals surface area contributed by atoms with Gasteiger partial charge in [0.1, 0.15) is 11.7 Å². The Labute approximate surface area is 177 Å². The fraction of sp³-hybridized carbons (Fsp3) is 0.500. The van der Waals surface area contributed by atoms with Gasteiger partial charge in [0.05, 0.1) is 17.9 Å². The van der Waals surface area contributed by atoms with Gasteiger partial charge >= 0.3 is 6.09 Å². The molecule has 2 saturated heterocycles. The lowest BCUT2D eigenvalue weighted by Gasteiger charge is -2.36. The second kappa shape index (κ2) is 9.08. The number of nitrogens with zero attached hydrogens (tertiary/aromatic N) is 4. The molecule has 29 heavy (non-hydrogen) atoms. The number of carbonyl (C=O) groups is 3. The Morgan fingerprint density at radius 1 is 1.31 bits per heavy atom. The molecular weight excluding hydrogens is 423 g/mol. The lowest BCUT2D eigenvalue weighted by Crippen LogP contribution is -2.49. The van der Waals surface area contributed by atoms with Gasteiger partial charge in [0.2, 0.25) is 5.91 Å². The average molecular weight is 445 g/mol. The van der Waals surface area contributed by atoms with E-state index in [4.69, 9.17) is 16.3 Å². The summed E-state index contributed by atoms with van der Waals surface area (Å²) in [6, 6.07) is 4.54. The van der Waals surface area contributed by atoms with E-state index in [-0.39, 0.29) is 23.6 Å². The molecule has 2 aliphatic heterocycles. The molecule has 0 N–H and O–H groups in total. The molecule has 3 rings (SSSR count). The minimum atomic E-state index is -0.724. The standard InChI is InChI=1S/C18H22ClFN4O4S/c1-21(18(27)29-2)16-11-24(17(26)28-16)12-3-4-14(13(20)9-12)22-5-7-23(8-6-22)15(25)10-19/h3-4,9,16H,5-8,10-11H2,1-2H3. The number of cyclic esters (lactones) is 1. The van der Waals surface area contributed by atoms with E-state index < -0.39 is 18.1 Å². The highest BCUT2D eigenvalue weighted by molar-refractivity contribution is 8.12. The number of benzene rings is 1. The van der Waals surface area contributed by atoms with E-state index >= 15 is 0 Å². The van der Waals surface area contributed by atoms with Gasteiger partial charge in [-0.2, -0.15) is 0 Å². The number of piperazine rings is 1. The van der Waals surface area contributed by atoms with Crippen molar-refractivity contribution in [1.82, 2.24) is 9.80 Å². The van der Waals surface area contributed by atoms with Gasteiger partial charge in [-0.05, 0) is 24.5 Å². The first-order valence-corrected chi connectivity index (χ1v) is 10.8. The number of anilines is 2. The average Bonchev–Trinajstić information content (AvgIpc) is 3.13. The number of rotatable bonds is 4. The SMILES string of the molecule is CSC(=O)N(C)C1CN(c2ccc(N3CCN(C(=O)CCl)CC3)c(F)c2)C(=O)O1. The van der Waals surface area contributed by atoms with Gasteiger partial charge in [0.25, 0.3) is 5.24 Å². The molecule has 2 fully saturated rings. The molecule has 0 saturated carbocycles. The summed E-state index contributed by atoms with van der Waals surface area (Å²) in [4.78, 5) is 41.8. The third-order valence-electron chi connectivity index (χ3n) is 5.02. The number of carbonyl (C=O) groups excluding carboxylic acids is 3. The molecule has 0 radical (unpaired) electrons. The molecule has 0 bridgehead atoms. The van der Waals surface area contributed by atoms with Crippen LogP contribution in [-0.4, -0.2) is 85.2 Å². The second-order valence-electron chi connectivity index (χ2n) is 6.67. The highest BCUT2D eigenvalue weighted by atomic mass is 35.5. The smallest absolute Gasteiger partial charge is 0.416 e. The third-order valence-corrected chi connectivity index (χ3v) is 5.89. The van der Waals surface area contributed by atoms with Crippen LogP contribution >= 0.6 is 23.4 Å². The van der Waals surface area contributed by atoms with Crippen molar-refractivity contribution in [3.05, 3.63) is 24.0 Å². The number of amides is 3. The van der Waals surface area contributed by atoms with Crippen molar-refractivity contribution in [3.63, 3.8) is 0 Å². The van der Waals surface area contributed by atoms with Gasteiger partial charge in [-0.1, -0.05) is 11.8 Å². The molecule has 1 atom stereocenters. The maximum Gasteiger partial charge on any atom is 0.416 e. The number of alkyl halides is 1. The van der Waals surface area contributed by atoms with Gasteiger partial charge in [0.15, 0.2) is 6.23 Å². The Balaban J connectivity index is 1.68. The zero-order valence-electron chi connectivity index (χ0n) is 16.1. The third kappa shape index (κ3) is 4.53. The van der Waals surface area contributed by atoms with Crippen LogP contribution in [0.5, 0.6) is 0 Å². The minimum absolute atomic E-state index is 0.0618. The van der Waals surface area contributed by atoms with Gasteiger partial charge in [-0.3, -0.25) is 19.4 Å². The van der Waals surface area contributed by atoms with Crippen molar-refractivity contribution in [2.24, 2.45) is 0 Å². The molecule has 0 aliphatic carbocycles. The fourth-order valence-electron chi connectivity index (χ4n) is 3.32. The van der Waals surface area contributed by atoms with E-state index in [0.717, 1.165) is 11.8 Å². The van der Waals surface area contributed by atoms with Crippen LogP contribution in [0.2, 0.25) is 0 Å². The van der Waals surface area contributed by atoms with Crippen LogP contribution in [0.3, 0.4) is 0 Å². The molecule has 2 heterocycles. The predicted octanol–water partition coefficient (Wildman–Crippen LogP) is 2.41. The van der Waals surface area contributed by atoms with Crippen LogP contribution in [0.4, 0.5) is 25.4 Å². The molecule has 2 aliphatic rings. The van der Waals surface area contributed by atoms with Crippen molar-refractivity contribution in [3.8, 4) is 0 Å². The molecule has 1 unspecified atom stereocenters. The number of ether oxygens (including phenoxy) is 1. The van der Waals surface area contributed by atoms with Crippen molar-refractivity contribution in [2.45, 2.75) is 6.23 Å². The molecular formula is C18H22ClFN4O4S. The molecule has 11 heteroatoms. The Bertz CT molecular complexity index is 806. The Morgan fingerprint density at radius 3 is 2.59 bits per heavy atom. The first-order valence-electron chi connectivity index (χ1n) is 9.03. The van der Waals surface area contributed by atoms with E-state index in [1.54, 1.807) is 30.3 Å². The zero-order chi connectivity index (χ0) is 21.1. The van der Waals surface area contributed by atoms with E-state index in [1.807, 2.05) is 4.90 Å². The van der Waals surface area contributed by atoms with E-state index in [0.29, 0.717) is 37.6 Å². The van der Waals surface area contributed by atoms with Crippen LogP contribution < -0.4 is 9.80 Å². The highest BCUT2D eigenvalue weighted by Crippen LogP contribution is 2.29. The van der Waals surface area contributed by atoms with Gasteiger partial charge in [0, 0.05) is 33.2 Å². The van der Waals surface area contributed by atoms with Gasteiger partial charge in [-0.25, -0.2) is 9.18 Å². The molecule has 1 aromatic carbocycles. The number of halogens is 2. The Morgan fingerprint density at radius 2 is 2.00 bits per heavy atom.